The largest absolute Gasteiger partial charge is 0.393 e. The maximum Gasteiger partial charge on any atom is 0.243 e. The number of carbonyl (C=O) groups is 3. The molecule has 2 aliphatic rings. The molecule has 1 saturated heterocycles. The summed E-state index contributed by atoms with van der Waals surface area (Å²) < 4.78 is 0. The van der Waals surface area contributed by atoms with Crippen LogP contribution in [-0.4, -0.2) is 51.8 Å². The number of aliphatic hydroxyl groups is 1. The van der Waals surface area contributed by atoms with Gasteiger partial charge in [0.15, 0.2) is 5.78 Å². The summed E-state index contributed by atoms with van der Waals surface area (Å²) in [5.74, 6) is -0.457. The number of piperidine rings is 1. The predicted octanol–water partition coefficient (Wildman–Crippen LogP) is 1.18. The average Bonchev–Trinajstić information content (AvgIpc) is 3.21. The molecular formula is C18H28N2O4. The summed E-state index contributed by atoms with van der Waals surface area (Å²) in [6, 6.07) is -0.698. The second-order valence-corrected chi connectivity index (χ2v) is 6.88. The second-order valence-electron chi connectivity index (χ2n) is 6.88. The molecule has 1 heterocycles. The third kappa shape index (κ3) is 3.69. The molecule has 0 aromatic heterocycles. The molecule has 0 aromatic carbocycles. The molecular weight excluding hydrogens is 308 g/mol. The summed E-state index contributed by atoms with van der Waals surface area (Å²) in [5.41, 5.74) is -0.842. The summed E-state index contributed by atoms with van der Waals surface area (Å²) in [6.07, 6.45) is 5.62. The quantitative estimate of drug-likeness (QED) is 0.713. The van der Waals surface area contributed by atoms with Gasteiger partial charge in [0.2, 0.25) is 11.8 Å². The van der Waals surface area contributed by atoms with Gasteiger partial charge >= 0.3 is 0 Å². The van der Waals surface area contributed by atoms with E-state index in [1.54, 1.807) is 4.90 Å². The fraction of sp³-hybridized carbons (Fsp3) is 0.722. The van der Waals surface area contributed by atoms with E-state index in [9.17, 15) is 19.5 Å². The van der Waals surface area contributed by atoms with Crippen molar-refractivity contribution in [2.45, 2.75) is 70.6 Å². The molecule has 2 fully saturated rings. The number of rotatable bonds is 6. The lowest BCUT2D eigenvalue weighted by Gasteiger charge is -2.37. The molecule has 0 bridgehead atoms. The highest BCUT2D eigenvalue weighted by atomic mass is 16.3. The Morgan fingerprint density at radius 1 is 1.38 bits per heavy atom. The smallest absolute Gasteiger partial charge is 0.243 e. The van der Waals surface area contributed by atoms with Crippen LogP contribution in [0, 0.1) is 5.92 Å². The van der Waals surface area contributed by atoms with Crippen molar-refractivity contribution in [3.63, 3.8) is 0 Å². The Hall–Kier alpha value is -1.69. The van der Waals surface area contributed by atoms with Crippen LogP contribution in [0.15, 0.2) is 12.2 Å². The highest BCUT2D eigenvalue weighted by molar-refractivity contribution is 5.97. The monoisotopic (exact) mass is 336 g/mol. The predicted molar refractivity (Wildman–Crippen MR) is 90.1 cm³/mol. The van der Waals surface area contributed by atoms with E-state index in [1.807, 2.05) is 26.0 Å². The molecule has 1 aliphatic carbocycles. The maximum absolute atomic E-state index is 12.8. The number of carbonyl (C=O) groups excluding carboxylic acids is 3. The SMILES string of the molecule is C/C=C\[C@H]1C[C@]1(NC(=O)[C@@H]1C[C@H](O)CCN1C(=O)CCC)C(C)=O. The van der Waals surface area contributed by atoms with Crippen LogP contribution < -0.4 is 5.32 Å². The maximum atomic E-state index is 12.8. The minimum absolute atomic E-state index is 0.0113. The molecule has 0 spiro atoms. The van der Waals surface area contributed by atoms with Crippen molar-refractivity contribution in [1.82, 2.24) is 10.2 Å². The molecule has 0 radical (unpaired) electrons. The summed E-state index contributed by atoms with van der Waals surface area (Å²) in [4.78, 5) is 38.7. The third-order valence-electron chi connectivity index (χ3n) is 5.08. The van der Waals surface area contributed by atoms with Crippen molar-refractivity contribution in [3.05, 3.63) is 12.2 Å². The molecule has 1 aliphatic heterocycles. The molecule has 0 aromatic rings. The van der Waals surface area contributed by atoms with Gasteiger partial charge in [-0.1, -0.05) is 19.1 Å². The Morgan fingerprint density at radius 3 is 2.67 bits per heavy atom. The van der Waals surface area contributed by atoms with Gasteiger partial charge in [-0.25, -0.2) is 0 Å². The van der Waals surface area contributed by atoms with Crippen LogP contribution in [-0.2, 0) is 14.4 Å². The van der Waals surface area contributed by atoms with Crippen LogP contribution in [0.2, 0.25) is 0 Å². The lowest BCUT2D eigenvalue weighted by Crippen LogP contribution is -2.58. The molecule has 4 atom stereocenters. The first kappa shape index (κ1) is 18.6. The van der Waals surface area contributed by atoms with E-state index >= 15 is 0 Å². The van der Waals surface area contributed by atoms with E-state index in [1.165, 1.54) is 6.92 Å². The normalized spacial score (nSPS) is 32.7. The number of nitrogens with one attached hydrogen (secondary N) is 1. The lowest BCUT2D eigenvalue weighted by atomic mass is 9.97. The molecule has 2 rings (SSSR count). The minimum atomic E-state index is -0.842. The van der Waals surface area contributed by atoms with Gasteiger partial charge in [-0.05, 0) is 33.1 Å². The van der Waals surface area contributed by atoms with Crippen LogP contribution in [0.3, 0.4) is 0 Å². The number of likely N-dealkylation sites (tertiary alicyclic amines) is 1. The standard InChI is InChI=1S/C18H28N2O4/c1-4-6-13-11-18(13,12(3)21)19-17(24)15-10-14(22)8-9-20(15)16(23)7-5-2/h4,6,13-15,22H,5,7-11H2,1-3H3,(H,19,24)/b6-4-/t13-,14+,15-,18-/m0/s1. The Balaban J connectivity index is 2.13. The highest BCUT2D eigenvalue weighted by Crippen LogP contribution is 2.45. The average molecular weight is 336 g/mol. The van der Waals surface area contributed by atoms with E-state index in [4.69, 9.17) is 0 Å². The van der Waals surface area contributed by atoms with Gasteiger partial charge in [-0.15, -0.1) is 0 Å². The summed E-state index contributed by atoms with van der Waals surface area (Å²) in [7, 11) is 0. The van der Waals surface area contributed by atoms with Crippen LogP contribution >= 0.6 is 0 Å². The van der Waals surface area contributed by atoms with Gasteiger partial charge in [-0.3, -0.25) is 14.4 Å². The number of nitrogens with zero attached hydrogens (tertiary/aromatic N) is 1. The number of allylic oxidation sites excluding steroid dienone is 1. The molecule has 0 unspecified atom stereocenters. The molecule has 134 valence electrons. The van der Waals surface area contributed by atoms with Gasteiger partial charge in [0.05, 0.1) is 6.10 Å². The first-order chi connectivity index (χ1) is 11.4. The number of Topliss-reactive ketones (excluding diaryl/α,β-unsaturated/α-hetero) is 1. The summed E-state index contributed by atoms with van der Waals surface area (Å²) >= 11 is 0. The first-order valence-electron chi connectivity index (χ1n) is 8.79. The number of amides is 2. The van der Waals surface area contributed by atoms with Crippen molar-refractivity contribution in [2.24, 2.45) is 5.92 Å². The van der Waals surface area contributed by atoms with Crippen molar-refractivity contribution in [2.75, 3.05) is 6.54 Å². The van der Waals surface area contributed by atoms with Crippen LogP contribution in [0.4, 0.5) is 0 Å². The van der Waals surface area contributed by atoms with Crippen molar-refractivity contribution >= 4 is 17.6 Å². The molecule has 6 heteroatoms. The highest BCUT2D eigenvalue weighted by Gasteiger charge is 2.58. The third-order valence-corrected chi connectivity index (χ3v) is 5.08. The number of hydrogen-bond acceptors (Lipinski definition) is 4. The number of hydrogen-bond donors (Lipinski definition) is 2. The van der Waals surface area contributed by atoms with E-state index in [2.05, 4.69) is 5.32 Å². The number of ketones is 1. The molecule has 24 heavy (non-hydrogen) atoms. The molecule has 2 amide bonds. The van der Waals surface area contributed by atoms with Crippen molar-refractivity contribution in [1.29, 1.82) is 0 Å². The van der Waals surface area contributed by atoms with Gasteiger partial charge in [0.25, 0.3) is 0 Å². The zero-order valence-corrected chi connectivity index (χ0v) is 14.7. The zero-order valence-electron chi connectivity index (χ0n) is 14.7. The Labute approximate surface area is 143 Å². The topological polar surface area (TPSA) is 86.7 Å². The van der Waals surface area contributed by atoms with E-state index < -0.39 is 17.7 Å². The first-order valence-corrected chi connectivity index (χ1v) is 8.79. The van der Waals surface area contributed by atoms with Gasteiger partial charge in [-0.2, -0.15) is 0 Å². The van der Waals surface area contributed by atoms with Crippen LogP contribution in [0.5, 0.6) is 0 Å². The molecule has 6 nitrogen and oxygen atoms in total. The van der Waals surface area contributed by atoms with Crippen molar-refractivity contribution in [3.8, 4) is 0 Å². The van der Waals surface area contributed by atoms with Crippen LogP contribution in [0.25, 0.3) is 0 Å². The van der Waals surface area contributed by atoms with E-state index in [0.29, 0.717) is 32.2 Å². The van der Waals surface area contributed by atoms with Crippen molar-refractivity contribution < 1.29 is 19.5 Å². The summed E-state index contributed by atoms with van der Waals surface area (Å²) in [6.45, 7) is 5.67. The van der Waals surface area contributed by atoms with E-state index in [0.717, 1.165) is 0 Å². The van der Waals surface area contributed by atoms with Gasteiger partial charge in [0.1, 0.15) is 11.6 Å². The van der Waals surface area contributed by atoms with E-state index in [-0.39, 0.29) is 29.9 Å². The fourth-order valence-electron chi connectivity index (χ4n) is 3.54. The zero-order chi connectivity index (χ0) is 17.9. The Bertz CT molecular complexity index is 545. The Morgan fingerprint density at radius 2 is 2.08 bits per heavy atom. The molecule has 1 saturated carbocycles. The van der Waals surface area contributed by atoms with Crippen LogP contribution in [0.1, 0.15) is 52.9 Å². The fourth-order valence-corrected chi connectivity index (χ4v) is 3.54. The minimum Gasteiger partial charge on any atom is -0.393 e. The Kier molecular flexibility index (Phi) is 5.80. The number of aliphatic hydroxyl groups excluding tert-OH is 1. The van der Waals surface area contributed by atoms with Gasteiger partial charge < -0.3 is 15.3 Å². The summed E-state index contributed by atoms with van der Waals surface area (Å²) in [5, 5.41) is 12.8. The lowest BCUT2D eigenvalue weighted by molar-refractivity contribution is -0.145. The molecule has 2 N–H and O–H groups in total. The second kappa shape index (κ2) is 7.47. The van der Waals surface area contributed by atoms with Gasteiger partial charge in [0, 0.05) is 25.3 Å².